The van der Waals surface area contributed by atoms with Gasteiger partial charge in [0.25, 0.3) is 5.91 Å². The van der Waals surface area contributed by atoms with Crippen molar-refractivity contribution in [3.63, 3.8) is 0 Å². The summed E-state index contributed by atoms with van der Waals surface area (Å²) in [5.41, 5.74) is 0.195. The number of primary sulfonamides is 1. The Hall–Kier alpha value is -1.93. The fourth-order valence-corrected chi connectivity index (χ4v) is 4.13. The number of aromatic nitrogens is 1. The summed E-state index contributed by atoms with van der Waals surface area (Å²) in [5.74, 6) is 0.717. The summed E-state index contributed by atoms with van der Waals surface area (Å²) in [6, 6.07) is 1.60. The molecule has 7 nitrogen and oxygen atoms in total. The Bertz CT molecular complexity index is 835. The van der Waals surface area contributed by atoms with Crippen LogP contribution in [-0.2, 0) is 10.0 Å². The van der Waals surface area contributed by atoms with E-state index in [4.69, 9.17) is 9.66 Å². The lowest BCUT2D eigenvalue weighted by atomic mass is 9.91. The molecule has 1 amide bonds. The van der Waals surface area contributed by atoms with Crippen molar-refractivity contribution < 1.29 is 17.7 Å². The molecule has 0 spiro atoms. The largest absolute Gasteiger partial charge is 0.361 e. The van der Waals surface area contributed by atoms with Crippen molar-refractivity contribution in [2.45, 2.75) is 33.2 Å². The molecule has 0 saturated heterocycles. The molecule has 1 heterocycles. The van der Waals surface area contributed by atoms with Gasteiger partial charge in [0.1, 0.15) is 5.76 Å². The number of aryl methyl sites for hydroxylation is 1. The number of rotatable bonds is 4. The highest BCUT2D eigenvalue weighted by Gasteiger charge is 2.61. The fourth-order valence-electron chi connectivity index (χ4n) is 3.54. The van der Waals surface area contributed by atoms with Crippen LogP contribution < -0.4 is 10.5 Å². The summed E-state index contributed by atoms with van der Waals surface area (Å²) in [5, 5.41) is 11.9. The minimum absolute atomic E-state index is 0.00101. The minimum atomic E-state index is -3.66. The number of nitrogens with one attached hydrogen (secondary N) is 1. The van der Waals surface area contributed by atoms with Crippen molar-refractivity contribution in [3.05, 3.63) is 40.7 Å². The number of amides is 1. The number of nitrogens with two attached hydrogens (primary N) is 1. The van der Waals surface area contributed by atoms with Gasteiger partial charge in [-0.25, -0.2) is 13.6 Å². The molecule has 3 N–H and O–H groups in total. The monoisotopic (exact) mass is 351 g/mol. The molecule has 2 aliphatic rings. The summed E-state index contributed by atoms with van der Waals surface area (Å²) in [6.07, 6.45) is 5.66. The summed E-state index contributed by atoms with van der Waals surface area (Å²) >= 11 is 0. The third-order valence-corrected chi connectivity index (χ3v) is 5.91. The van der Waals surface area contributed by atoms with Crippen LogP contribution in [0.5, 0.6) is 0 Å². The molecule has 1 unspecified atom stereocenters. The van der Waals surface area contributed by atoms with Crippen LogP contribution in [0.15, 0.2) is 33.7 Å². The fraction of sp³-hybridized carbons (Fsp3) is 0.500. The zero-order chi connectivity index (χ0) is 17.7. The molecule has 0 bridgehead atoms. The van der Waals surface area contributed by atoms with Crippen molar-refractivity contribution in [1.82, 2.24) is 10.5 Å². The van der Waals surface area contributed by atoms with Gasteiger partial charge in [-0.05, 0) is 36.7 Å². The topological polar surface area (TPSA) is 115 Å². The van der Waals surface area contributed by atoms with Gasteiger partial charge in [0.05, 0.1) is 4.91 Å². The van der Waals surface area contributed by atoms with Crippen LogP contribution >= 0.6 is 0 Å². The van der Waals surface area contributed by atoms with E-state index in [0.29, 0.717) is 12.2 Å². The van der Waals surface area contributed by atoms with Gasteiger partial charge in [-0.15, -0.1) is 0 Å². The molecule has 1 saturated carbocycles. The van der Waals surface area contributed by atoms with Gasteiger partial charge in [-0.3, -0.25) is 4.79 Å². The average molecular weight is 351 g/mol. The Morgan fingerprint density at radius 1 is 1.46 bits per heavy atom. The zero-order valence-corrected chi connectivity index (χ0v) is 14.6. The van der Waals surface area contributed by atoms with Gasteiger partial charge in [-0.2, -0.15) is 0 Å². The molecule has 2 aliphatic carbocycles. The number of nitrogens with zero attached hydrogens (tertiary/aromatic N) is 1. The van der Waals surface area contributed by atoms with Crippen LogP contribution in [0.2, 0.25) is 0 Å². The molecule has 1 aromatic heterocycles. The van der Waals surface area contributed by atoms with Gasteiger partial charge in [0.15, 0.2) is 5.69 Å². The smallest absolute Gasteiger partial charge is 0.273 e. The molecular formula is C16H21N3O4S. The molecule has 0 aromatic carbocycles. The number of sulfonamides is 1. The van der Waals surface area contributed by atoms with Crippen molar-refractivity contribution >= 4 is 15.9 Å². The lowest BCUT2D eigenvalue weighted by Gasteiger charge is -2.16. The van der Waals surface area contributed by atoms with Crippen LogP contribution in [0.1, 0.15) is 36.5 Å². The Morgan fingerprint density at radius 3 is 2.67 bits per heavy atom. The molecule has 0 aliphatic heterocycles. The van der Waals surface area contributed by atoms with E-state index in [2.05, 4.69) is 24.3 Å². The third-order valence-electron chi connectivity index (χ3n) is 4.95. The van der Waals surface area contributed by atoms with Gasteiger partial charge in [-0.1, -0.05) is 31.2 Å². The van der Waals surface area contributed by atoms with E-state index in [9.17, 15) is 13.2 Å². The summed E-state index contributed by atoms with van der Waals surface area (Å²) < 4.78 is 27.6. The Balaban J connectivity index is 1.67. The molecule has 3 atom stereocenters. The normalized spacial score (nSPS) is 28.3. The van der Waals surface area contributed by atoms with Gasteiger partial charge in [0.2, 0.25) is 10.0 Å². The molecule has 8 heteroatoms. The maximum Gasteiger partial charge on any atom is 0.273 e. The summed E-state index contributed by atoms with van der Waals surface area (Å²) in [7, 11) is -3.66. The average Bonchev–Trinajstić information content (AvgIpc) is 2.82. The second-order valence-electron chi connectivity index (χ2n) is 7.03. The van der Waals surface area contributed by atoms with E-state index in [1.165, 1.54) is 0 Å². The second kappa shape index (κ2) is 5.56. The van der Waals surface area contributed by atoms with Gasteiger partial charge < -0.3 is 9.84 Å². The van der Waals surface area contributed by atoms with E-state index in [-0.39, 0.29) is 39.8 Å². The van der Waals surface area contributed by atoms with E-state index >= 15 is 0 Å². The first-order valence-electron chi connectivity index (χ1n) is 7.76. The Kier molecular flexibility index (Phi) is 3.92. The van der Waals surface area contributed by atoms with Crippen LogP contribution in [0.4, 0.5) is 0 Å². The number of hydrogen-bond donors (Lipinski definition) is 2. The summed E-state index contributed by atoms with van der Waals surface area (Å²) in [4.78, 5) is 12.4. The first-order chi connectivity index (χ1) is 11.1. The number of allylic oxidation sites excluding steroid dienone is 3. The highest BCUT2D eigenvalue weighted by molar-refractivity contribution is 7.93. The van der Waals surface area contributed by atoms with Crippen LogP contribution in [0.25, 0.3) is 0 Å². The van der Waals surface area contributed by atoms with E-state index in [1.54, 1.807) is 25.1 Å². The molecule has 1 fully saturated rings. The first-order valence-corrected chi connectivity index (χ1v) is 9.30. The van der Waals surface area contributed by atoms with Gasteiger partial charge >= 0.3 is 0 Å². The van der Waals surface area contributed by atoms with Crippen LogP contribution in [0, 0.1) is 24.2 Å². The zero-order valence-electron chi connectivity index (χ0n) is 13.8. The van der Waals surface area contributed by atoms with Crippen molar-refractivity contribution in [2.24, 2.45) is 22.4 Å². The minimum Gasteiger partial charge on any atom is -0.361 e. The summed E-state index contributed by atoms with van der Waals surface area (Å²) in [6.45, 7) is 5.91. The lowest BCUT2D eigenvalue weighted by Crippen LogP contribution is -2.29. The molecule has 1 aromatic rings. The standard InChI is InChI=1S/C16H21N3O4S/c1-9-8-12(19-23-9)15(20)18-14-13(16(14,2)3)10-4-6-11(7-5-10)24(17,21)22/h4,6-8,10,13-14H,5H2,1-3H3,(H,18,20)(H2,17,21,22)/t10?,13-,14-/m0/s1. The highest BCUT2D eigenvalue weighted by atomic mass is 32.2. The molecule has 0 radical (unpaired) electrons. The molecule has 3 rings (SSSR count). The Labute approximate surface area is 141 Å². The van der Waals surface area contributed by atoms with Gasteiger partial charge in [0, 0.05) is 12.1 Å². The van der Waals surface area contributed by atoms with E-state index in [0.717, 1.165) is 0 Å². The lowest BCUT2D eigenvalue weighted by molar-refractivity contribution is 0.0935. The van der Waals surface area contributed by atoms with E-state index in [1.807, 2.05) is 6.08 Å². The SMILES string of the molecule is Cc1cc(C(=O)N[C@H]2[C@H](C3C=CC(S(N)(=O)=O)=CC3)C2(C)C)no1. The molecule has 130 valence electrons. The second-order valence-corrected chi connectivity index (χ2v) is 8.59. The predicted molar refractivity (Wildman–Crippen MR) is 88.2 cm³/mol. The maximum absolute atomic E-state index is 12.2. The Morgan fingerprint density at radius 2 is 2.17 bits per heavy atom. The van der Waals surface area contributed by atoms with Crippen molar-refractivity contribution in [1.29, 1.82) is 0 Å². The quantitative estimate of drug-likeness (QED) is 0.852. The predicted octanol–water partition coefficient (Wildman–Crippen LogP) is 1.49. The van der Waals surface area contributed by atoms with Crippen molar-refractivity contribution in [2.75, 3.05) is 0 Å². The molecule has 24 heavy (non-hydrogen) atoms. The van der Waals surface area contributed by atoms with Crippen LogP contribution in [-0.4, -0.2) is 25.5 Å². The maximum atomic E-state index is 12.2. The number of carbonyl (C=O) groups excluding carboxylic acids is 1. The number of hydrogen-bond acceptors (Lipinski definition) is 5. The van der Waals surface area contributed by atoms with E-state index < -0.39 is 10.0 Å². The first kappa shape index (κ1) is 16.9. The number of carbonyl (C=O) groups is 1. The molecular weight excluding hydrogens is 330 g/mol. The van der Waals surface area contributed by atoms with Crippen LogP contribution in [0.3, 0.4) is 0 Å². The third kappa shape index (κ3) is 3.03. The highest BCUT2D eigenvalue weighted by Crippen LogP contribution is 2.57. The van der Waals surface area contributed by atoms with Crippen molar-refractivity contribution in [3.8, 4) is 0 Å².